The average Bonchev–Trinajstić information content (AvgIpc) is 3.35. The summed E-state index contributed by atoms with van der Waals surface area (Å²) >= 11 is 0. The molecule has 9 heteroatoms. The number of hydrazone groups is 1. The second-order valence-corrected chi connectivity index (χ2v) is 8.45. The number of carbonyl (C=O) groups is 3. The van der Waals surface area contributed by atoms with Gasteiger partial charge in [0, 0.05) is 17.8 Å². The van der Waals surface area contributed by atoms with Crippen LogP contribution < -0.4 is 19.1 Å². The zero-order valence-electron chi connectivity index (χ0n) is 18.3. The van der Waals surface area contributed by atoms with Gasteiger partial charge in [-0.3, -0.25) is 19.4 Å². The van der Waals surface area contributed by atoms with Crippen molar-refractivity contribution in [1.82, 2.24) is 5.01 Å². The summed E-state index contributed by atoms with van der Waals surface area (Å²) in [5.41, 5.74) is 0.826. The van der Waals surface area contributed by atoms with Gasteiger partial charge in [0.1, 0.15) is 25.0 Å². The Bertz CT molecular complexity index is 1250. The Balaban J connectivity index is 1.38. The lowest BCUT2D eigenvalue weighted by Crippen LogP contribution is -2.46. The first-order valence-electron chi connectivity index (χ1n) is 11.0. The summed E-state index contributed by atoms with van der Waals surface area (Å²) in [6.45, 7) is 0.833. The van der Waals surface area contributed by atoms with Gasteiger partial charge in [-0.25, -0.2) is 4.90 Å². The Kier molecular flexibility index (Phi) is 4.65. The molecular weight excluding hydrogens is 438 g/mol. The topological polar surface area (TPSA) is 97.7 Å². The summed E-state index contributed by atoms with van der Waals surface area (Å²) in [5.74, 6) is -0.951. The number of allylic oxidation sites excluding steroid dienone is 1. The Morgan fingerprint density at radius 1 is 1.00 bits per heavy atom. The highest BCUT2D eigenvalue weighted by atomic mass is 16.6. The van der Waals surface area contributed by atoms with Crippen molar-refractivity contribution in [3.8, 4) is 17.2 Å². The van der Waals surface area contributed by atoms with Gasteiger partial charge in [0.15, 0.2) is 17.3 Å². The van der Waals surface area contributed by atoms with Gasteiger partial charge in [-0.1, -0.05) is 6.08 Å². The molecule has 0 unspecified atom stereocenters. The fourth-order valence-corrected chi connectivity index (χ4v) is 5.19. The quantitative estimate of drug-likeness (QED) is 0.510. The number of benzene rings is 2. The molecule has 2 aromatic rings. The molecule has 34 heavy (non-hydrogen) atoms. The molecule has 2 amide bonds. The van der Waals surface area contributed by atoms with Gasteiger partial charge in [-0.2, -0.15) is 5.10 Å². The van der Waals surface area contributed by atoms with Gasteiger partial charge in [0.25, 0.3) is 0 Å². The van der Waals surface area contributed by atoms with E-state index in [2.05, 4.69) is 5.10 Å². The number of hydrogen-bond donors (Lipinski definition) is 0. The van der Waals surface area contributed by atoms with Crippen LogP contribution in [0.15, 0.2) is 59.7 Å². The number of nitrogens with zero attached hydrogens (tertiary/aromatic N) is 3. The predicted molar refractivity (Wildman–Crippen MR) is 121 cm³/mol. The van der Waals surface area contributed by atoms with Crippen LogP contribution in [0.25, 0.3) is 0 Å². The number of anilines is 1. The molecule has 9 nitrogen and oxygen atoms in total. The largest absolute Gasteiger partial charge is 0.497 e. The van der Waals surface area contributed by atoms with E-state index in [1.165, 1.54) is 4.90 Å². The SMILES string of the molecule is COc1ccc(C(=O)[C@@H]2[C@@H]3C(=O)N(c4ccc5c(c4)OCCO5)C(=O)[C@H]3[C@@H]3C=CC=NN23)cc1. The Morgan fingerprint density at radius 3 is 2.50 bits per heavy atom. The molecule has 6 rings (SSSR count). The maximum absolute atomic E-state index is 13.7. The highest BCUT2D eigenvalue weighted by molar-refractivity contribution is 6.24. The predicted octanol–water partition coefficient (Wildman–Crippen LogP) is 2.06. The number of carbonyl (C=O) groups excluding carboxylic acids is 3. The number of Topliss-reactive ketones (excluding diaryl/α,β-unsaturated/α-hetero) is 1. The van der Waals surface area contributed by atoms with Crippen LogP contribution in [0.2, 0.25) is 0 Å². The number of amides is 2. The fraction of sp³-hybridized carbons (Fsp3) is 0.280. The van der Waals surface area contributed by atoms with E-state index in [9.17, 15) is 14.4 Å². The van der Waals surface area contributed by atoms with Gasteiger partial charge in [0.2, 0.25) is 11.8 Å². The molecule has 0 N–H and O–H groups in total. The van der Waals surface area contributed by atoms with Crippen molar-refractivity contribution >= 4 is 29.5 Å². The molecule has 4 heterocycles. The summed E-state index contributed by atoms with van der Waals surface area (Å²) in [7, 11) is 1.55. The summed E-state index contributed by atoms with van der Waals surface area (Å²) < 4.78 is 16.4. The number of rotatable bonds is 4. The lowest BCUT2D eigenvalue weighted by atomic mass is 9.86. The van der Waals surface area contributed by atoms with E-state index in [1.807, 2.05) is 6.08 Å². The van der Waals surface area contributed by atoms with Crippen LogP contribution in [0.3, 0.4) is 0 Å². The molecule has 2 aromatic carbocycles. The zero-order valence-corrected chi connectivity index (χ0v) is 18.3. The van der Waals surface area contributed by atoms with E-state index < -0.39 is 29.8 Å². The van der Waals surface area contributed by atoms with E-state index >= 15 is 0 Å². The molecule has 2 fully saturated rings. The minimum atomic E-state index is -0.900. The number of fused-ring (bicyclic) bond motifs is 4. The van der Waals surface area contributed by atoms with Crippen LogP contribution in [0.1, 0.15) is 10.4 Å². The number of ether oxygens (including phenoxy) is 3. The minimum Gasteiger partial charge on any atom is -0.497 e. The summed E-state index contributed by atoms with van der Waals surface area (Å²) in [4.78, 5) is 42.1. The first-order chi connectivity index (χ1) is 16.6. The lowest BCUT2D eigenvalue weighted by molar-refractivity contribution is -0.123. The zero-order chi connectivity index (χ0) is 23.4. The normalized spacial score (nSPS) is 26.5. The number of imide groups is 1. The number of hydrogen-bond acceptors (Lipinski definition) is 8. The van der Waals surface area contributed by atoms with Crippen molar-refractivity contribution in [2.24, 2.45) is 16.9 Å². The van der Waals surface area contributed by atoms with Crippen LogP contribution in [0, 0.1) is 11.8 Å². The van der Waals surface area contributed by atoms with Crippen molar-refractivity contribution in [1.29, 1.82) is 0 Å². The standard InChI is InChI=1S/C25H21N3O6/c1-32-16-7-4-14(5-8-16)23(29)22-21-20(17-3-2-10-26-28(17)22)24(30)27(25(21)31)15-6-9-18-19(13-15)34-12-11-33-18/h2-10,13,17,20-22H,11-12H2,1H3/t17-,20-,21+,22-/m0/s1. The van der Waals surface area contributed by atoms with Crippen LogP contribution in [-0.4, -0.2) is 61.2 Å². The molecule has 0 spiro atoms. The van der Waals surface area contributed by atoms with Gasteiger partial charge in [0.05, 0.1) is 30.7 Å². The summed E-state index contributed by atoms with van der Waals surface area (Å²) in [6, 6.07) is 10.3. The molecule has 0 aromatic heterocycles. The second-order valence-electron chi connectivity index (χ2n) is 8.45. The molecule has 0 aliphatic carbocycles. The van der Waals surface area contributed by atoms with Crippen LogP contribution in [0.4, 0.5) is 5.69 Å². The molecule has 4 aliphatic rings. The summed E-state index contributed by atoms with van der Waals surface area (Å²) in [6.07, 6.45) is 5.13. The van der Waals surface area contributed by atoms with Crippen molar-refractivity contribution in [2.75, 3.05) is 25.2 Å². The maximum atomic E-state index is 13.7. The first kappa shape index (κ1) is 20.5. The molecule has 172 valence electrons. The third kappa shape index (κ3) is 2.93. The van der Waals surface area contributed by atoms with Crippen LogP contribution in [0.5, 0.6) is 17.2 Å². The number of ketones is 1. The lowest BCUT2D eigenvalue weighted by Gasteiger charge is -2.30. The number of methoxy groups -OCH3 is 1. The maximum Gasteiger partial charge on any atom is 0.240 e. The van der Waals surface area contributed by atoms with Crippen molar-refractivity contribution in [3.05, 3.63) is 60.2 Å². The molecule has 4 aliphatic heterocycles. The monoisotopic (exact) mass is 459 g/mol. The smallest absolute Gasteiger partial charge is 0.240 e. The highest BCUT2D eigenvalue weighted by Crippen LogP contribution is 2.47. The molecule has 4 atom stereocenters. The van der Waals surface area contributed by atoms with Crippen molar-refractivity contribution < 1.29 is 28.6 Å². The van der Waals surface area contributed by atoms with E-state index in [0.29, 0.717) is 41.7 Å². The second kappa shape index (κ2) is 7.72. The molecular formula is C25H21N3O6. The van der Waals surface area contributed by atoms with Gasteiger partial charge in [-0.05, 0) is 42.5 Å². The third-order valence-electron chi connectivity index (χ3n) is 6.72. The Morgan fingerprint density at radius 2 is 1.74 bits per heavy atom. The molecule has 0 saturated carbocycles. The van der Waals surface area contributed by atoms with Gasteiger partial charge in [-0.15, -0.1) is 0 Å². The Labute approximate surface area is 195 Å². The molecule has 2 saturated heterocycles. The van der Waals surface area contributed by atoms with Crippen LogP contribution >= 0.6 is 0 Å². The highest BCUT2D eigenvalue weighted by Gasteiger charge is 2.64. The molecule has 0 bridgehead atoms. The first-order valence-corrected chi connectivity index (χ1v) is 11.0. The van der Waals surface area contributed by atoms with E-state index in [1.54, 1.807) is 66.9 Å². The summed E-state index contributed by atoms with van der Waals surface area (Å²) in [5, 5.41) is 5.97. The van der Waals surface area contributed by atoms with Crippen LogP contribution in [-0.2, 0) is 9.59 Å². The minimum absolute atomic E-state index is 0.266. The van der Waals surface area contributed by atoms with E-state index in [4.69, 9.17) is 14.2 Å². The van der Waals surface area contributed by atoms with Gasteiger partial charge < -0.3 is 14.2 Å². The van der Waals surface area contributed by atoms with E-state index in [0.717, 1.165) is 0 Å². The Hall–Kier alpha value is -4.14. The van der Waals surface area contributed by atoms with Crippen molar-refractivity contribution in [2.45, 2.75) is 12.1 Å². The fourth-order valence-electron chi connectivity index (χ4n) is 5.19. The van der Waals surface area contributed by atoms with Crippen molar-refractivity contribution in [3.63, 3.8) is 0 Å². The van der Waals surface area contributed by atoms with E-state index in [-0.39, 0.29) is 11.7 Å². The van der Waals surface area contributed by atoms with Gasteiger partial charge >= 0.3 is 0 Å². The molecule has 0 radical (unpaired) electrons. The third-order valence-corrected chi connectivity index (χ3v) is 6.72. The average molecular weight is 459 g/mol.